The molecule has 26 heavy (non-hydrogen) atoms. The molecule has 6 nitrogen and oxygen atoms in total. The van der Waals surface area contributed by atoms with E-state index in [1.165, 1.54) is 24.6 Å². The van der Waals surface area contributed by atoms with E-state index in [0.717, 1.165) is 42.8 Å². The van der Waals surface area contributed by atoms with E-state index < -0.39 is 0 Å². The second-order valence-corrected chi connectivity index (χ2v) is 8.53. The highest BCUT2D eigenvalue weighted by Crippen LogP contribution is 2.21. The van der Waals surface area contributed by atoms with Crippen LogP contribution in [-0.2, 0) is 6.54 Å². The number of H-pyrrole nitrogens is 1. The quantitative estimate of drug-likeness (QED) is 0.841. The van der Waals surface area contributed by atoms with Gasteiger partial charge in [-0.2, -0.15) is 11.8 Å². The van der Waals surface area contributed by atoms with Gasteiger partial charge in [0.25, 0.3) is 0 Å². The summed E-state index contributed by atoms with van der Waals surface area (Å²) in [5, 5.41) is 3.65. The van der Waals surface area contributed by atoms with Crippen molar-refractivity contribution in [3.05, 3.63) is 29.0 Å². The first-order chi connectivity index (χ1) is 12.7. The van der Waals surface area contributed by atoms with Crippen LogP contribution >= 0.6 is 23.4 Å². The van der Waals surface area contributed by atoms with Crippen molar-refractivity contribution in [2.24, 2.45) is 0 Å². The van der Waals surface area contributed by atoms with Crippen LogP contribution in [-0.4, -0.2) is 69.5 Å². The van der Waals surface area contributed by atoms with E-state index in [-0.39, 0.29) is 6.03 Å². The van der Waals surface area contributed by atoms with Crippen LogP contribution < -0.4 is 5.32 Å². The summed E-state index contributed by atoms with van der Waals surface area (Å²) in [6.07, 6.45) is 2.14. The topological polar surface area (TPSA) is 64.3 Å². The van der Waals surface area contributed by atoms with E-state index in [2.05, 4.69) is 20.2 Å². The molecule has 1 aromatic carbocycles. The van der Waals surface area contributed by atoms with Crippen LogP contribution in [0.25, 0.3) is 11.0 Å². The number of aromatic amines is 1. The van der Waals surface area contributed by atoms with Gasteiger partial charge in [0, 0.05) is 48.7 Å². The number of rotatable bonds is 3. The Kier molecular flexibility index (Phi) is 5.57. The molecule has 8 heteroatoms. The highest BCUT2D eigenvalue weighted by Gasteiger charge is 2.27. The third-order valence-corrected chi connectivity index (χ3v) is 6.39. The van der Waals surface area contributed by atoms with E-state index in [0.29, 0.717) is 17.6 Å². The molecule has 0 atom stereocenters. The third-order valence-electron chi connectivity index (χ3n) is 5.21. The molecule has 2 N–H and O–H groups in total. The van der Waals surface area contributed by atoms with Gasteiger partial charge >= 0.3 is 6.03 Å². The first kappa shape index (κ1) is 17.9. The monoisotopic (exact) mass is 393 g/mol. The third kappa shape index (κ3) is 4.10. The minimum Gasteiger partial charge on any atom is -0.340 e. The Morgan fingerprint density at radius 2 is 2.04 bits per heavy atom. The number of urea groups is 1. The van der Waals surface area contributed by atoms with Gasteiger partial charge in [0.05, 0.1) is 17.6 Å². The summed E-state index contributed by atoms with van der Waals surface area (Å²) < 4.78 is 0. The number of piperidine rings is 1. The highest BCUT2D eigenvalue weighted by molar-refractivity contribution is 7.99. The van der Waals surface area contributed by atoms with Crippen LogP contribution in [0.2, 0.25) is 5.02 Å². The normalized spacial score (nSPS) is 19.8. The number of thioether (sulfide) groups is 1. The summed E-state index contributed by atoms with van der Waals surface area (Å²) in [7, 11) is 0. The van der Waals surface area contributed by atoms with Gasteiger partial charge < -0.3 is 15.2 Å². The first-order valence-electron chi connectivity index (χ1n) is 9.18. The molecule has 3 heterocycles. The molecular weight excluding hydrogens is 370 g/mol. The Bertz CT molecular complexity index is 768. The lowest BCUT2D eigenvalue weighted by Crippen LogP contribution is -2.51. The molecule has 0 saturated carbocycles. The van der Waals surface area contributed by atoms with Crippen LogP contribution in [0.15, 0.2) is 18.2 Å². The summed E-state index contributed by atoms with van der Waals surface area (Å²) >= 11 is 8.04. The van der Waals surface area contributed by atoms with Crippen LogP contribution in [0.1, 0.15) is 18.7 Å². The Morgan fingerprint density at radius 3 is 2.81 bits per heavy atom. The predicted molar refractivity (Wildman–Crippen MR) is 107 cm³/mol. The molecule has 4 rings (SSSR count). The fourth-order valence-corrected chi connectivity index (χ4v) is 4.87. The maximum atomic E-state index is 12.5. The molecule has 2 amide bonds. The number of carbonyl (C=O) groups excluding carboxylic acids is 1. The van der Waals surface area contributed by atoms with Crippen molar-refractivity contribution in [2.75, 3.05) is 37.7 Å². The number of hydrogen-bond donors (Lipinski definition) is 2. The Labute approximate surface area is 162 Å². The number of aromatic nitrogens is 2. The smallest absolute Gasteiger partial charge is 0.317 e. The second-order valence-electron chi connectivity index (χ2n) is 6.87. The summed E-state index contributed by atoms with van der Waals surface area (Å²) in [6, 6.07) is 6.18. The minimum atomic E-state index is -0.00358. The van der Waals surface area contributed by atoms with Crippen molar-refractivity contribution < 1.29 is 4.79 Å². The van der Waals surface area contributed by atoms with Gasteiger partial charge in [0.2, 0.25) is 0 Å². The van der Waals surface area contributed by atoms with E-state index in [1.807, 2.05) is 34.9 Å². The molecule has 2 aromatic rings. The van der Waals surface area contributed by atoms with E-state index >= 15 is 0 Å². The Hall–Kier alpha value is -1.44. The number of carbonyl (C=O) groups is 1. The van der Waals surface area contributed by atoms with Gasteiger partial charge in [-0.3, -0.25) is 4.90 Å². The van der Waals surface area contributed by atoms with Crippen LogP contribution in [0.5, 0.6) is 0 Å². The molecule has 2 aliphatic heterocycles. The van der Waals surface area contributed by atoms with Crippen molar-refractivity contribution >= 4 is 40.4 Å². The maximum absolute atomic E-state index is 12.5. The zero-order chi connectivity index (χ0) is 17.9. The second kappa shape index (κ2) is 8.06. The summed E-state index contributed by atoms with van der Waals surface area (Å²) in [4.78, 5) is 24.7. The van der Waals surface area contributed by atoms with Crippen molar-refractivity contribution in [1.82, 2.24) is 25.1 Å². The number of nitrogens with one attached hydrogen (secondary N) is 2. The minimum absolute atomic E-state index is 0.00358. The van der Waals surface area contributed by atoms with Crippen molar-refractivity contribution in [3.63, 3.8) is 0 Å². The maximum Gasteiger partial charge on any atom is 0.317 e. The molecule has 1 aromatic heterocycles. The van der Waals surface area contributed by atoms with Crippen molar-refractivity contribution in [1.29, 1.82) is 0 Å². The number of imidazole rings is 1. The van der Waals surface area contributed by atoms with Crippen LogP contribution in [0, 0.1) is 0 Å². The average molecular weight is 394 g/mol. The Morgan fingerprint density at radius 1 is 1.27 bits per heavy atom. The fourth-order valence-electron chi connectivity index (χ4n) is 3.77. The first-order valence-corrected chi connectivity index (χ1v) is 10.7. The van der Waals surface area contributed by atoms with Gasteiger partial charge in [-0.05, 0) is 31.0 Å². The van der Waals surface area contributed by atoms with E-state index in [4.69, 9.17) is 11.6 Å². The zero-order valence-electron chi connectivity index (χ0n) is 14.7. The standard InChI is InChI=1S/C18H24ClN5OS/c19-13-1-2-15-16(11-13)22-17(21-15)12-20-18(25)24-5-3-14(4-6-24)23-7-9-26-10-8-23/h1-2,11,14H,3-10,12H2,(H,20,25)(H,21,22). The lowest BCUT2D eigenvalue weighted by atomic mass is 10.0. The Balaban J connectivity index is 1.27. The number of benzene rings is 1. The van der Waals surface area contributed by atoms with E-state index in [9.17, 15) is 4.79 Å². The molecule has 140 valence electrons. The highest BCUT2D eigenvalue weighted by atomic mass is 35.5. The van der Waals surface area contributed by atoms with Crippen molar-refractivity contribution in [3.8, 4) is 0 Å². The van der Waals surface area contributed by atoms with Crippen molar-refractivity contribution in [2.45, 2.75) is 25.4 Å². The molecule has 2 saturated heterocycles. The number of halogens is 1. The van der Waals surface area contributed by atoms with Gasteiger partial charge in [-0.25, -0.2) is 9.78 Å². The molecule has 2 aliphatic rings. The number of likely N-dealkylation sites (tertiary alicyclic amines) is 1. The van der Waals surface area contributed by atoms with Gasteiger partial charge in [0.1, 0.15) is 5.82 Å². The number of hydrogen-bond acceptors (Lipinski definition) is 4. The molecule has 0 bridgehead atoms. The predicted octanol–water partition coefficient (Wildman–Crippen LogP) is 2.94. The van der Waals surface area contributed by atoms with Gasteiger partial charge in [-0.1, -0.05) is 11.6 Å². The number of nitrogens with zero attached hydrogens (tertiary/aromatic N) is 3. The summed E-state index contributed by atoms with van der Waals surface area (Å²) in [5.74, 6) is 3.23. The summed E-state index contributed by atoms with van der Waals surface area (Å²) in [5.41, 5.74) is 1.75. The molecule has 0 aliphatic carbocycles. The largest absolute Gasteiger partial charge is 0.340 e. The van der Waals surface area contributed by atoms with Gasteiger partial charge in [0.15, 0.2) is 0 Å². The van der Waals surface area contributed by atoms with Gasteiger partial charge in [-0.15, -0.1) is 0 Å². The van der Waals surface area contributed by atoms with E-state index in [1.54, 1.807) is 0 Å². The fraction of sp³-hybridized carbons (Fsp3) is 0.556. The lowest BCUT2D eigenvalue weighted by Gasteiger charge is -2.40. The molecule has 0 spiro atoms. The SMILES string of the molecule is O=C(NCc1nc2ccc(Cl)cc2[nH]1)N1CCC(N2CCSCC2)CC1. The lowest BCUT2D eigenvalue weighted by molar-refractivity contribution is 0.124. The number of amides is 2. The zero-order valence-corrected chi connectivity index (χ0v) is 16.3. The molecule has 2 fully saturated rings. The van der Waals surface area contributed by atoms with Crippen LogP contribution in [0.4, 0.5) is 4.79 Å². The average Bonchev–Trinajstić information content (AvgIpc) is 3.09. The summed E-state index contributed by atoms with van der Waals surface area (Å²) in [6.45, 7) is 4.44. The van der Waals surface area contributed by atoms with Crippen LogP contribution in [0.3, 0.4) is 0 Å². The molecule has 0 unspecified atom stereocenters. The molecular formula is C18H24ClN5OS. The molecule has 0 radical (unpaired) electrons. The number of fused-ring (bicyclic) bond motifs is 1.